The van der Waals surface area contributed by atoms with Gasteiger partial charge in [0.15, 0.2) is 0 Å². The van der Waals surface area contributed by atoms with E-state index in [-0.39, 0.29) is 12.2 Å². The molecule has 0 heterocycles. The van der Waals surface area contributed by atoms with Crippen molar-refractivity contribution in [2.45, 2.75) is 32.8 Å². The van der Waals surface area contributed by atoms with Crippen LogP contribution < -0.4 is 0 Å². The molecule has 4 heteroatoms. The molecular formula is C8H18O4. The van der Waals surface area contributed by atoms with Gasteiger partial charge in [0.25, 0.3) is 5.97 Å². The smallest absolute Gasteiger partial charge is 0.300 e. The lowest BCUT2D eigenvalue weighted by molar-refractivity contribution is -0.134. The molecule has 0 atom stereocenters. The van der Waals surface area contributed by atoms with Gasteiger partial charge in [-0.3, -0.25) is 4.79 Å². The Hall–Kier alpha value is -0.610. The molecule has 0 bridgehead atoms. The number of hydrogen-bond donors (Lipinski definition) is 2. The van der Waals surface area contributed by atoms with E-state index in [9.17, 15) is 0 Å². The minimum absolute atomic E-state index is 0.158. The molecule has 0 aliphatic rings. The van der Waals surface area contributed by atoms with Crippen LogP contribution >= 0.6 is 0 Å². The van der Waals surface area contributed by atoms with Gasteiger partial charge in [0.2, 0.25) is 0 Å². The summed E-state index contributed by atoms with van der Waals surface area (Å²) in [5.41, 5.74) is -0.158. The zero-order valence-electron chi connectivity index (χ0n) is 8.13. The third-order valence-electron chi connectivity index (χ3n) is 1.27. The molecule has 2 N–H and O–H groups in total. The third-order valence-corrected chi connectivity index (χ3v) is 1.27. The van der Waals surface area contributed by atoms with E-state index in [4.69, 9.17) is 19.7 Å². The second-order valence-corrected chi connectivity index (χ2v) is 2.96. The van der Waals surface area contributed by atoms with Crippen LogP contribution in [0.4, 0.5) is 0 Å². The molecule has 0 saturated heterocycles. The number of aliphatic carboxylic acids is 1. The normalized spacial score (nSPS) is 10.1. The maximum absolute atomic E-state index is 9.00. The van der Waals surface area contributed by atoms with Gasteiger partial charge < -0.3 is 14.9 Å². The van der Waals surface area contributed by atoms with E-state index in [1.165, 1.54) is 0 Å². The number of carboxylic acids is 1. The van der Waals surface area contributed by atoms with E-state index in [0.29, 0.717) is 6.42 Å². The van der Waals surface area contributed by atoms with Crippen molar-refractivity contribution < 1.29 is 19.7 Å². The van der Waals surface area contributed by atoms with Crippen molar-refractivity contribution in [3.63, 3.8) is 0 Å². The first-order chi connectivity index (χ1) is 5.35. The molecule has 0 rings (SSSR count). The van der Waals surface area contributed by atoms with Crippen molar-refractivity contribution in [1.82, 2.24) is 0 Å². The third kappa shape index (κ3) is 16.2. The number of aliphatic hydroxyl groups excluding tert-OH is 1. The zero-order valence-corrected chi connectivity index (χ0v) is 8.13. The Bertz CT molecular complexity index is 116. The minimum atomic E-state index is -0.833. The number of ether oxygens (including phenoxy) is 1. The molecule has 0 aromatic rings. The van der Waals surface area contributed by atoms with Crippen LogP contribution in [0.2, 0.25) is 0 Å². The van der Waals surface area contributed by atoms with E-state index >= 15 is 0 Å². The summed E-state index contributed by atoms with van der Waals surface area (Å²) >= 11 is 0. The van der Waals surface area contributed by atoms with Gasteiger partial charge in [0.05, 0.1) is 5.60 Å². The molecule has 0 unspecified atom stereocenters. The van der Waals surface area contributed by atoms with E-state index in [1.807, 2.05) is 13.8 Å². The molecule has 0 fully saturated rings. The first-order valence-electron chi connectivity index (χ1n) is 3.71. The zero-order chi connectivity index (χ0) is 10.2. The maximum atomic E-state index is 9.00. The fourth-order valence-corrected chi connectivity index (χ4v) is 0.371. The number of carboxylic acid groups (broad SMARTS) is 1. The van der Waals surface area contributed by atoms with Gasteiger partial charge in [-0.25, -0.2) is 0 Å². The van der Waals surface area contributed by atoms with Crippen LogP contribution in [0.5, 0.6) is 0 Å². The quantitative estimate of drug-likeness (QED) is 0.673. The summed E-state index contributed by atoms with van der Waals surface area (Å²) in [6.07, 6.45) is 0.698. The van der Waals surface area contributed by atoms with Gasteiger partial charge in [-0.1, -0.05) is 0 Å². The van der Waals surface area contributed by atoms with E-state index < -0.39 is 5.97 Å². The lowest BCUT2D eigenvalue weighted by atomic mass is 10.1. The van der Waals surface area contributed by atoms with Crippen LogP contribution in [0, 0.1) is 0 Å². The number of carbonyl (C=O) groups is 1. The number of rotatable bonds is 3. The Labute approximate surface area is 73.2 Å². The Morgan fingerprint density at radius 2 is 1.83 bits per heavy atom. The van der Waals surface area contributed by atoms with Gasteiger partial charge in [-0.05, 0) is 20.3 Å². The Morgan fingerprint density at radius 1 is 1.50 bits per heavy atom. The van der Waals surface area contributed by atoms with Crippen LogP contribution in [-0.2, 0) is 9.53 Å². The first kappa shape index (κ1) is 13.9. The highest BCUT2D eigenvalue weighted by Gasteiger charge is 2.13. The number of hydrogen-bond acceptors (Lipinski definition) is 3. The second kappa shape index (κ2) is 7.06. The average molecular weight is 178 g/mol. The van der Waals surface area contributed by atoms with Gasteiger partial charge >= 0.3 is 0 Å². The highest BCUT2D eigenvalue weighted by molar-refractivity contribution is 5.62. The topological polar surface area (TPSA) is 66.8 Å². The Balaban J connectivity index is 0. The molecule has 0 aromatic heterocycles. The van der Waals surface area contributed by atoms with Crippen molar-refractivity contribution >= 4 is 5.97 Å². The SMILES string of the molecule is CC(=O)O.COC(C)(C)CCO. The van der Waals surface area contributed by atoms with Crippen LogP contribution in [0.1, 0.15) is 27.2 Å². The van der Waals surface area contributed by atoms with E-state index in [2.05, 4.69) is 0 Å². The Kier molecular flexibility index (Phi) is 8.21. The second-order valence-electron chi connectivity index (χ2n) is 2.96. The summed E-state index contributed by atoms with van der Waals surface area (Å²) in [5, 5.41) is 15.9. The van der Waals surface area contributed by atoms with Gasteiger partial charge in [0, 0.05) is 20.6 Å². The van der Waals surface area contributed by atoms with Crippen LogP contribution in [-0.4, -0.2) is 35.5 Å². The van der Waals surface area contributed by atoms with Crippen molar-refractivity contribution in [2.75, 3.05) is 13.7 Å². The first-order valence-corrected chi connectivity index (χ1v) is 3.71. The highest BCUT2D eigenvalue weighted by Crippen LogP contribution is 2.10. The molecule has 0 aliphatic carbocycles. The largest absolute Gasteiger partial charge is 0.481 e. The molecular weight excluding hydrogens is 160 g/mol. The molecule has 12 heavy (non-hydrogen) atoms. The van der Waals surface area contributed by atoms with Gasteiger partial charge in [-0.2, -0.15) is 0 Å². The summed E-state index contributed by atoms with van der Waals surface area (Å²) in [6.45, 7) is 5.17. The summed E-state index contributed by atoms with van der Waals surface area (Å²) in [4.78, 5) is 9.00. The van der Waals surface area contributed by atoms with E-state index in [1.54, 1.807) is 7.11 Å². The predicted octanol–water partition coefficient (Wildman–Crippen LogP) is 0.885. The van der Waals surface area contributed by atoms with Crippen molar-refractivity contribution in [2.24, 2.45) is 0 Å². The molecule has 4 nitrogen and oxygen atoms in total. The molecule has 0 amide bonds. The number of aliphatic hydroxyl groups is 1. The van der Waals surface area contributed by atoms with E-state index in [0.717, 1.165) is 6.92 Å². The fraction of sp³-hybridized carbons (Fsp3) is 0.875. The maximum Gasteiger partial charge on any atom is 0.300 e. The summed E-state index contributed by atoms with van der Waals surface area (Å²) in [6, 6.07) is 0. The van der Waals surface area contributed by atoms with Crippen LogP contribution in [0.25, 0.3) is 0 Å². The number of methoxy groups -OCH3 is 1. The molecule has 0 aromatic carbocycles. The van der Waals surface area contributed by atoms with Crippen LogP contribution in [0.3, 0.4) is 0 Å². The van der Waals surface area contributed by atoms with Crippen molar-refractivity contribution in [1.29, 1.82) is 0 Å². The summed E-state index contributed by atoms with van der Waals surface area (Å²) in [7, 11) is 1.65. The van der Waals surface area contributed by atoms with Gasteiger partial charge in [-0.15, -0.1) is 0 Å². The molecule has 0 radical (unpaired) electrons. The molecule has 0 aliphatic heterocycles. The van der Waals surface area contributed by atoms with Crippen molar-refractivity contribution in [3.05, 3.63) is 0 Å². The molecule has 0 saturated carbocycles. The van der Waals surface area contributed by atoms with Crippen LogP contribution in [0.15, 0.2) is 0 Å². The average Bonchev–Trinajstić information content (AvgIpc) is 1.86. The highest BCUT2D eigenvalue weighted by atomic mass is 16.5. The Morgan fingerprint density at radius 3 is 1.92 bits per heavy atom. The fourth-order valence-electron chi connectivity index (χ4n) is 0.371. The monoisotopic (exact) mass is 178 g/mol. The molecule has 74 valence electrons. The van der Waals surface area contributed by atoms with Crippen molar-refractivity contribution in [3.8, 4) is 0 Å². The standard InChI is InChI=1S/C6H14O2.C2H4O2/c1-6(2,8-3)4-5-7;1-2(3)4/h7H,4-5H2,1-3H3;1H3,(H,3,4). The lowest BCUT2D eigenvalue weighted by Gasteiger charge is -2.20. The summed E-state index contributed by atoms with van der Waals surface area (Å²) < 4.78 is 5.02. The van der Waals surface area contributed by atoms with Gasteiger partial charge in [0.1, 0.15) is 0 Å². The lowest BCUT2D eigenvalue weighted by Crippen LogP contribution is -2.23. The molecule has 0 spiro atoms. The summed E-state index contributed by atoms with van der Waals surface area (Å²) in [5.74, 6) is -0.833. The minimum Gasteiger partial charge on any atom is -0.481 e. The predicted molar refractivity (Wildman–Crippen MR) is 46.1 cm³/mol.